The van der Waals surface area contributed by atoms with Crippen LogP contribution in [-0.2, 0) is 17.8 Å². The van der Waals surface area contributed by atoms with Gasteiger partial charge in [-0.3, -0.25) is 4.79 Å². The van der Waals surface area contributed by atoms with Gasteiger partial charge in [0.05, 0.1) is 5.52 Å². The number of hydrogen-bond acceptors (Lipinski definition) is 2. The fourth-order valence-electron chi connectivity index (χ4n) is 2.08. The van der Waals surface area contributed by atoms with Crippen LogP contribution in [0.1, 0.15) is 12.7 Å². The number of fused-ring (bicyclic) bond motifs is 1. The summed E-state index contributed by atoms with van der Waals surface area (Å²) in [6.07, 6.45) is 0.375. The van der Waals surface area contributed by atoms with Crippen molar-refractivity contribution in [2.75, 3.05) is 19.5 Å². The molecule has 0 radical (unpaired) electrons. The van der Waals surface area contributed by atoms with Gasteiger partial charge in [-0.25, -0.2) is 13.8 Å². The van der Waals surface area contributed by atoms with Crippen molar-refractivity contribution in [2.24, 2.45) is 0 Å². The Bertz CT molecular complexity index is 672. The molecule has 0 atom stereocenters. The normalized spacial score (nSPS) is 11.1. The van der Waals surface area contributed by atoms with E-state index in [1.54, 1.807) is 7.05 Å². The van der Waals surface area contributed by atoms with Gasteiger partial charge in [0.2, 0.25) is 5.91 Å². The Morgan fingerprint density at radius 2 is 2.14 bits per heavy atom. The first-order valence-electron chi connectivity index (χ1n) is 6.62. The third-order valence-electron chi connectivity index (χ3n) is 3.39. The molecule has 0 unspecified atom stereocenters. The first kappa shape index (κ1) is 15.7. The molecule has 2 aromatic rings. The number of benzene rings is 1. The standard InChI is InChI=1S/C14H16ClF2N3O/c1-3-19(2)12(21)8-20-11(6-7-15)18-10-5-4-9(16)13(17)14(10)20/h4-5H,3,6-8H2,1-2H3. The minimum atomic E-state index is -0.993. The van der Waals surface area contributed by atoms with E-state index in [-0.39, 0.29) is 23.8 Å². The molecule has 1 heterocycles. The molecule has 114 valence electrons. The molecule has 0 bridgehead atoms. The molecule has 4 nitrogen and oxygen atoms in total. The summed E-state index contributed by atoms with van der Waals surface area (Å²) in [5, 5.41) is 0. The average molecular weight is 316 g/mol. The highest BCUT2D eigenvalue weighted by Gasteiger charge is 2.19. The number of carbonyl (C=O) groups excluding carboxylic acids is 1. The van der Waals surface area contributed by atoms with Crippen molar-refractivity contribution in [3.05, 3.63) is 29.6 Å². The van der Waals surface area contributed by atoms with Crippen LogP contribution in [0.25, 0.3) is 11.0 Å². The lowest BCUT2D eigenvalue weighted by Gasteiger charge is -2.16. The SMILES string of the molecule is CCN(C)C(=O)Cn1c(CCCl)nc2ccc(F)c(F)c21. The zero-order valence-electron chi connectivity index (χ0n) is 11.9. The van der Waals surface area contributed by atoms with Crippen LogP contribution in [0.2, 0.25) is 0 Å². The summed E-state index contributed by atoms with van der Waals surface area (Å²) in [7, 11) is 1.65. The third kappa shape index (κ3) is 3.00. The number of nitrogens with zero attached hydrogens (tertiary/aromatic N) is 3. The second-order valence-electron chi connectivity index (χ2n) is 4.69. The van der Waals surface area contributed by atoms with Gasteiger partial charge in [-0.2, -0.15) is 0 Å². The van der Waals surface area contributed by atoms with Crippen molar-refractivity contribution < 1.29 is 13.6 Å². The van der Waals surface area contributed by atoms with Crippen molar-refractivity contribution in [3.8, 4) is 0 Å². The smallest absolute Gasteiger partial charge is 0.242 e. The van der Waals surface area contributed by atoms with Crippen LogP contribution >= 0.6 is 11.6 Å². The van der Waals surface area contributed by atoms with E-state index in [1.807, 2.05) is 6.92 Å². The predicted molar refractivity (Wildman–Crippen MR) is 77.4 cm³/mol. The second-order valence-corrected chi connectivity index (χ2v) is 5.07. The Morgan fingerprint density at radius 1 is 1.43 bits per heavy atom. The number of halogens is 3. The van der Waals surface area contributed by atoms with E-state index in [0.717, 1.165) is 6.07 Å². The summed E-state index contributed by atoms with van der Waals surface area (Å²) >= 11 is 5.72. The van der Waals surface area contributed by atoms with Crippen molar-refractivity contribution in [3.63, 3.8) is 0 Å². The molecule has 0 aliphatic heterocycles. The maximum absolute atomic E-state index is 14.1. The average Bonchev–Trinajstić information content (AvgIpc) is 2.81. The molecule has 0 saturated heterocycles. The van der Waals surface area contributed by atoms with E-state index in [2.05, 4.69) is 4.98 Å². The minimum absolute atomic E-state index is 0.00738. The van der Waals surface area contributed by atoms with Crippen LogP contribution < -0.4 is 0 Å². The van der Waals surface area contributed by atoms with Crippen molar-refractivity contribution in [2.45, 2.75) is 19.9 Å². The molecule has 0 fully saturated rings. The second kappa shape index (κ2) is 6.39. The van der Waals surface area contributed by atoms with Gasteiger partial charge >= 0.3 is 0 Å². The first-order valence-corrected chi connectivity index (χ1v) is 7.16. The Kier molecular flexibility index (Phi) is 4.77. The van der Waals surface area contributed by atoms with E-state index in [4.69, 9.17) is 11.6 Å². The number of aryl methyl sites for hydroxylation is 1. The van der Waals surface area contributed by atoms with E-state index in [9.17, 15) is 13.6 Å². The monoisotopic (exact) mass is 315 g/mol. The Labute approximate surface area is 126 Å². The molecule has 2 rings (SSSR count). The molecule has 0 spiro atoms. The van der Waals surface area contributed by atoms with Gasteiger partial charge in [-0.1, -0.05) is 0 Å². The van der Waals surface area contributed by atoms with Gasteiger partial charge in [0.25, 0.3) is 0 Å². The highest BCUT2D eigenvalue weighted by atomic mass is 35.5. The predicted octanol–water partition coefficient (Wildman–Crippen LogP) is 2.57. The molecule has 0 aliphatic rings. The summed E-state index contributed by atoms with van der Waals surface area (Å²) in [6, 6.07) is 2.43. The number of hydrogen-bond donors (Lipinski definition) is 0. The van der Waals surface area contributed by atoms with E-state index in [1.165, 1.54) is 15.5 Å². The molecule has 7 heteroatoms. The molecular formula is C14H16ClF2N3O. The Morgan fingerprint density at radius 3 is 2.76 bits per heavy atom. The molecule has 21 heavy (non-hydrogen) atoms. The number of carbonyl (C=O) groups is 1. The largest absolute Gasteiger partial charge is 0.344 e. The van der Waals surface area contributed by atoms with Gasteiger partial charge in [0, 0.05) is 25.9 Å². The quantitative estimate of drug-likeness (QED) is 0.795. The molecule has 0 N–H and O–H groups in total. The number of amides is 1. The topological polar surface area (TPSA) is 38.1 Å². The summed E-state index contributed by atoms with van der Waals surface area (Å²) in [5.74, 6) is -1.39. The maximum Gasteiger partial charge on any atom is 0.242 e. The number of alkyl halides is 1. The van der Waals surface area contributed by atoms with Crippen LogP contribution in [0, 0.1) is 11.6 Å². The molecule has 1 aromatic carbocycles. The van der Waals surface area contributed by atoms with Gasteiger partial charge in [-0.15, -0.1) is 11.6 Å². The summed E-state index contributed by atoms with van der Waals surface area (Å²) in [6.45, 7) is 2.28. The molecule has 1 amide bonds. The fraction of sp³-hybridized carbons (Fsp3) is 0.429. The van der Waals surface area contributed by atoms with E-state index in [0.29, 0.717) is 24.3 Å². The Hall–Kier alpha value is -1.69. The van der Waals surface area contributed by atoms with Crippen LogP contribution in [0.3, 0.4) is 0 Å². The number of rotatable bonds is 5. The summed E-state index contributed by atoms with van der Waals surface area (Å²) < 4.78 is 28.9. The van der Waals surface area contributed by atoms with Gasteiger partial charge in [-0.05, 0) is 19.1 Å². The van der Waals surface area contributed by atoms with Crippen molar-refractivity contribution in [1.29, 1.82) is 0 Å². The maximum atomic E-state index is 14.1. The highest BCUT2D eigenvalue weighted by Crippen LogP contribution is 2.22. The fourth-order valence-corrected chi connectivity index (χ4v) is 2.25. The number of aromatic nitrogens is 2. The van der Waals surface area contributed by atoms with E-state index < -0.39 is 11.6 Å². The minimum Gasteiger partial charge on any atom is -0.344 e. The van der Waals surface area contributed by atoms with Crippen LogP contribution in [0.4, 0.5) is 8.78 Å². The van der Waals surface area contributed by atoms with Crippen LogP contribution in [0.5, 0.6) is 0 Å². The molecular weight excluding hydrogens is 300 g/mol. The number of imidazole rings is 1. The van der Waals surface area contributed by atoms with Gasteiger partial charge in [0.1, 0.15) is 17.9 Å². The van der Waals surface area contributed by atoms with Gasteiger partial charge in [0.15, 0.2) is 11.6 Å². The molecule has 0 saturated carbocycles. The number of likely N-dealkylation sites (N-methyl/N-ethyl adjacent to an activating group) is 1. The Balaban J connectivity index is 2.54. The van der Waals surface area contributed by atoms with Gasteiger partial charge < -0.3 is 9.47 Å². The summed E-state index contributed by atoms with van der Waals surface area (Å²) in [4.78, 5) is 17.8. The molecule has 1 aromatic heterocycles. The lowest BCUT2D eigenvalue weighted by molar-refractivity contribution is -0.130. The van der Waals surface area contributed by atoms with E-state index >= 15 is 0 Å². The van der Waals surface area contributed by atoms with Crippen molar-refractivity contribution in [1.82, 2.24) is 14.5 Å². The lowest BCUT2D eigenvalue weighted by Crippen LogP contribution is -2.30. The zero-order valence-corrected chi connectivity index (χ0v) is 12.6. The third-order valence-corrected chi connectivity index (χ3v) is 3.58. The zero-order chi connectivity index (χ0) is 15.6. The van der Waals surface area contributed by atoms with Crippen LogP contribution in [0.15, 0.2) is 12.1 Å². The lowest BCUT2D eigenvalue weighted by atomic mass is 10.3. The van der Waals surface area contributed by atoms with Crippen LogP contribution in [-0.4, -0.2) is 39.8 Å². The van der Waals surface area contributed by atoms with Crippen molar-refractivity contribution >= 4 is 28.5 Å². The molecule has 0 aliphatic carbocycles. The highest BCUT2D eigenvalue weighted by molar-refractivity contribution is 6.17. The first-order chi connectivity index (χ1) is 9.99. The summed E-state index contributed by atoms with van der Waals surface area (Å²) in [5.41, 5.74) is 0.328.